The highest BCUT2D eigenvalue weighted by atomic mass is 79.9. The van der Waals surface area contributed by atoms with Crippen molar-refractivity contribution in [2.75, 3.05) is 12.5 Å². The second-order valence-electron chi connectivity index (χ2n) is 3.95. The van der Waals surface area contributed by atoms with Gasteiger partial charge in [-0.15, -0.1) is 0 Å². The number of aromatic amines is 1. The number of aryl methyl sites for hydroxylation is 1. The fourth-order valence-electron chi connectivity index (χ4n) is 1.55. The molecule has 1 aromatic carbocycles. The molecule has 21 heavy (non-hydrogen) atoms. The summed E-state index contributed by atoms with van der Waals surface area (Å²) in [4.78, 5) is 14.8. The Hall–Kier alpha value is -1.74. The third kappa shape index (κ3) is 3.88. The van der Waals surface area contributed by atoms with Crippen molar-refractivity contribution in [2.45, 2.75) is 6.92 Å². The minimum Gasteiger partial charge on any atom is -0.495 e. The van der Waals surface area contributed by atoms with Crippen LogP contribution in [0.2, 0.25) is 0 Å². The summed E-state index contributed by atoms with van der Waals surface area (Å²) in [6.45, 7) is 1.71. The van der Waals surface area contributed by atoms with E-state index < -0.39 is 5.69 Å². The Morgan fingerprint density at radius 1 is 1.43 bits per heavy atom. The Balaban J connectivity index is 2.26. The SMILES string of the molecule is COc1c(Br)cc(Br)cc1/C=N/Nc1nc(=O)[nH]nc1C. The fourth-order valence-corrected chi connectivity index (χ4v) is 2.97. The number of ether oxygens (including phenoxy) is 1. The molecule has 2 rings (SSSR count). The zero-order chi connectivity index (χ0) is 15.4. The van der Waals surface area contributed by atoms with E-state index >= 15 is 0 Å². The number of rotatable bonds is 4. The molecule has 0 spiro atoms. The van der Waals surface area contributed by atoms with Crippen LogP contribution in [-0.2, 0) is 0 Å². The molecule has 9 heteroatoms. The Kier molecular flexibility index (Phi) is 5.07. The lowest BCUT2D eigenvalue weighted by atomic mass is 10.2. The monoisotopic (exact) mass is 415 g/mol. The van der Waals surface area contributed by atoms with Crippen LogP contribution in [-0.4, -0.2) is 28.5 Å². The fraction of sp³-hybridized carbons (Fsp3) is 0.167. The summed E-state index contributed by atoms with van der Waals surface area (Å²) in [5, 5.41) is 10.1. The Bertz CT molecular complexity index is 745. The van der Waals surface area contributed by atoms with E-state index in [-0.39, 0.29) is 0 Å². The normalized spacial score (nSPS) is 10.9. The standard InChI is InChI=1S/C12H11Br2N5O2/c1-6-11(16-12(20)19-17-6)18-15-5-7-3-8(13)4-9(14)10(7)21-2/h3-5H,1-2H3,(H2,16,18,19,20)/b15-5+. The molecule has 110 valence electrons. The average molecular weight is 417 g/mol. The predicted octanol–water partition coefficient (Wildman–Crippen LogP) is 2.45. The lowest BCUT2D eigenvalue weighted by Gasteiger charge is -2.08. The molecule has 2 aromatic rings. The number of H-pyrrole nitrogens is 1. The molecule has 2 N–H and O–H groups in total. The number of nitrogens with one attached hydrogen (secondary N) is 2. The highest BCUT2D eigenvalue weighted by Gasteiger charge is 2.07. The van der Waals surface area contributed by atoms with Crippen LogP contribution in [0.15, 0.2) is 31.0 Å². The van der Waals surface area contributed by atoms with Gasteiger partial charge in [0.25, 0.3) is 0 Å². The van der Waals surface area contributed by atoms with Gasteiger partial charge in [-0.3, -0.25) is 5.43 Å². The molecule has 0 radical (unpaired) electrons. The summed E-state index contributed by atoms with van der Waals surface area (Å²) in [6, 6.07) is 3.72. The van der Waals surface area contributed by atoms with Gasteiger partial charge in [0.1, 0.15) is 11.4 Å². The summed E-state index contributed by atoms with van der Waals surface area (Å²) in [5.74, 6) is 0.945. The summed E-state index contributed by atoms with van der Waals surface area (Å²) < 4.78 is 6.98. The highest BCUT2D eigenvalue weighted by Crippen LogP contribution is 2.31. The van der Waals surface area contributed by atoms with Crippen LogP contribution in [0.4, 0.5) is 5.82 Å². The zero-order valence-electron chi connectivity index (χ0n) is 11.1. The van der Waals surface area contributed by atoms with Crippen molar-refractivity contribution in [2.24, 2.45) is 5.10 Å². The molecule has 0 unspecified atom stereocenters. The molecular formula is C12H11Br2N5O2. The maximum Gasteiger partial charge on any atom is 0.363 e. The number of hydrogen-bond acceptors (Lipinski definition) is 6. The molecule has 0 fully saturated rings. The second kappa shape index (κ2) is 6.81. The molecule has 0 aliphatic carbocycles. The minimum absolute atomic E-state index is 0.294. The first-order valence-corrected chi connectivity index (χ1v) is 7.35. The van der Waals surface area contributed by atoms with Gasteiger partial charge in [0.2, 0.25) is 0 Å². The molecule has 0 atom stereocenters. The van der Waals surface area contributed by atoms with E-state index in [9.17, 15) is 4.79 Å². The quantitative estimate of drug-likeness (QED) is 0.589. The van der Waals surface area contributed by atoms with Crippen LogP contribution < -0.4 is 15.9 Å². The van der Waals surface area contributed by atoms with Crippen molar-refractivity contribution in [3.63, 3.8) is 0 Å². The van der Waals surface area contributed by atoms with Gasteiger partial charge in [-0.05, 0) is 35.0 Å². The van der Waals surface area contributed by atoms with Gasteiger partial charge >= 0.3 is 5.69 Å². The molecule has 0 bridgehead atoms. The molecule has 1 heterocycles. The van der Waals surface area contributed by atoms with E-state index in [2.05, 4.69) is 57.6 Å². The topological polar surface area (TPSA) is 92.3 Å². The number of nitrogens with zero attached hydrogens (tertiary/aromatic N) is 3. The molecule has 0 saturated carbocycles. The first-order chi connectivity index (χ1) is 10.0. The smallest absolute Gasteiger partial charge is 0.363 e. The van der Waals surface area contributed by atoms with Gasteiger partial charge in [-0.1, -0.05) is 15.9 Å². The van der Waals surface area contributed by atoms with Crippen LogP contribution in [0.3, 0.4) is 0 Å². The predicted molar refractivity (Wildman–Crippen MR) is 87.0 cm³/mol. The Morgan fingerprint density at radius 3 is 2.90 bits per heavy atom. The van der Waals surface area contributed by atoms with Crippen molar-refractivity contribution >= 4 is 43.9 Å². The van der Waals surface area contributed by atoms with Crippen molar-refractivity contribution in [1.29, 1.82) is 0 Å². The van der Waals surface area contributed by atoms with E-state index in [1.54, 1.807) is 20.2 Å². The lowest BCUT2D eigenvalue weighted by Crippen LogP contribution is -2.15. The third-order valence-corrected chi connectivity index (χ3v) is 3.54. The number of aromatic nitrogens is 3. The van der Waals surface area contributed by atoms with Crippen LogP contribution >= 0.6 is 31.9 Å². The number of hydrogen-bond donors (Lipinski definition) is 2. The minimum atomic E-state index is -0.541. The van der Waals surface area contributed by atoms with E-state index in [1.807, 2.05) is 12.1 Å². The van der Waals surface area contributed by atoms with Gasteiger partial charge in [0.05, 0.1) is 17.8 Å². The summed E-state index contributed by atoms with van der Waals surface area (Å²) in [7, 11) is 1.57. The first-order valence-electron chi connectivity index (χ1n) is 5.76. The van der Waals surface area contributed by atoms with Gasteiger partial charge in [0, 0.05) is 10.0 Å². The van der Waals surface area contributed by atoms with E-state index in [0.717, 1.165) is 14.5 Å². The van der Waals surface area contributed by atoms with Gasteiger partial charge < -0.3 is 4.74 Å². The number of methoxy groups -OCH3 is 1. The summed E-state index contributed by atoms with van der Waals surface area (Å²) in [6.07, 6.45) is 1.57. The van der Waals surface area contributed by atoms with Gasteiger partial charge in [-0.2, -0.15) is 15.2 Å². The average Bonchev–Trinajstić information content (AvgIpc) is 2.42. The van der Waals surface area contributed by atoms with Gasteiger partial charge in [0.15, 0.2) is 5.82 Å². The van der Waals surface area contributed by atoms with Crippen LogP contribution in [0, 0.1) is 6.92 Å². The van der Waals surface area contributed by atoms with Gasteiger partial charge in [-0.25, -0.2) is 9.89 Å². The molecule has 0 aliphatic rings. The Labute approximate surface area is 137 Å². The number of hydrazone groups is 1. The molecule has 0 aliphatic heterocycles. The number of halogens is 2. The van der Waals surface area contributed by atoms with E-state index in [0.29, 0.717) is 17.3 Å². The molecule has 0 amide bonds. The number of anilines is 1. The summed E-state index contributed by atoms with van der Waals surface area (Å²) in [5.41, 5.74) is 3.43. The zero-order valence-corrected chi connectivity index (χ0v) is 14.3. The van der Waals surface area contributed by atoms with E-state index in [1.165, 1.54) is 0 Å². The molecule has 0 saturated heterocycles. The highest BCUT2D eigenvalue weighted by molar-refractivity contribution is 9.11. The molecule has 1 aromatic heterocycles. The second-order valence-corrected chi connectivity index (χ2v) is 5.72. The van der Waals surface area contributed by atoms with Crippen LogP contribution in [0.1, 0.15) is 11.3 Å². The lowest BCUT2D eigenvalue weighted by molar-refractivity contribution is 0.411. The maximum absolute atomic E-state index is 11.1. The van der Waals surface area contributed by atoms with Crippen molar-refractivity contribution in [1.82, 2.24) is 15.2 Å². The molecule has 7 nitrogen and oxygen atoms in total. The van der Waals surface area contributed by atoms with Crippen molar-refractivity contribution < 1.29 is 4.74 Å². The number of benzene rings is 1. The Morgan fingerprint density at radius 2 is 2.19 bits per heavy atom. The summed E-state index contributed by atoms with van der Waals surface area (Å²) >= 11 is 6.81. The van der Waals surface area contributed by atoms with Crippen molar-refractivity contribution in [3.8, 4) is 5.75 Å². The molecular weight excluding hydrogens is 406 g/mol. The third-order valence-electron chi connectivity index (χ3n) is 2.49. The van der Waals surface area contributed by atoms with E-state index in [4.69, 9.17) is 4.74 Å². The first kappa shape index (κ1) is 15.6. The van der Waals surface area contributed by atoms with Crippen LogP contribution in [0.5, 0.6) is 5.75 Å². The largest absolute Gasteiger partial charge is 0.495 e. The van der Waals surface area contributed by atoms with Crippen molar-refractivity contribution in [3.05, 3.63) is 42.8 Å². The maximum atomic E-state index is 11.1. The van der Waals surface area contributed by atoms with Crippen LogP contribution in [0.25, 0.3) is 0 Å².